The van der Waals surface area contributed by atoms with Crippen LogP contribution in [0.5, 0.6) is 0 Å². The molecule has 124 valence electrons. The summed E-state index contributed by atoms with van der Waals surface area (Å²) in [5.41, 5.74) is 4.17. The van der Waals surface area contributed by atoms with Crippen molar-refractivity contribution in [2.75, 3.05) is 10.2 Å². The van der Waals surface area contributed by atoms with Crippen molar-refractivity contribution in [1.29, 1.82) is 0 Å². The number of carbonyl (C=O) groups is 2. The summed E-state index contributed by atoms with van der Waals surface area (Å²) >= 11 is 0. The molecule has 1 heterocycles. The van der Waals surface area contributed by atoms with Crippen LogP contribution in [-0.2, 0) is 9.59 Å². The van der Waals surface area contributed by atoms with Crippen molar-refractivity contribution in [2.45, 2.75) is 33.2 Å². The van der Waals surface area contributed by atoms with Crippen molar-refractivity contribution in [1.82, 2.24) is 0 Å². The first-order valence-electron chi connectivity index (χ1n) is 7.83. The first-order chi connectivity index (χ1) is 11.4. The molecule has 0 bridgehead atoms. The number of hydrogen-bond donors (Lipinski definition) is 1. The maximum absolute atomic E-state index is 13.0. The molecular formula is C19H19FN2O2. The molecule has 5 heteroatoms. The van der Waals surface area contributed by atoms with Crippen molar-refractivity contribution >= 4 is 23.2 Å². The van der Waals surface area contributed by atoms with E-state index in [9.17, 15) is 14.0 Å². The number of aryl methyl sites for hydroxylation is 3. The smallest absolute Gasteiger partial charge is 0.256 e. The molecule has 24 heavy (non-hydrogen) atoms. The number of hydrogen-bond acceptors (Lipinski definition) is 3. The van der Waals surface area contributed by atoms with E-state index < -0.39 is 6.04 Å². The maximum Gasteiger partial charge on any atom is 0.256 e. The predicted octanol–water partition coefficient (Wildman–Crippen LogP) is 3.49. The van der Waals surface area contributed by atoms with Crippen molar-refractivity contribution in [3.8, 4) is 0 Å². The third-order valence-electron chi connectivity index (χ3n) is 4.19. The predicted molar refractivity (Wildman–Crippen MR) is 91.6 cm³/mol. The molecule has 0 aliphatic carbocycles. The zero-order chi connectivity index (χ0) is 17.4. The van der Waals surface area contributed by atoms with Gasteiger partial charge in [0.05, 0.1) is 12.1 Å². The monoisotopic (exact) mass is 326 g/mol. The molecule has 1 fully saturated rings. The average Bonchev–Trinajstić information content (AvgIpc) is 2.76. The Hall–Kier alpha value is -2.69. The minimum Gasteiger partial charge on any atom is -0.373 e. The van der Waals surface area contributed by atoms with Crippen LogP contribution in [0.15, 0.2) is 36.4 Å². The standard InChI is InChI=1S/C19H19FN2O2/c1-11-8-12(2)18(13(3)9-11)22-17(23)10-16(19(22)24)21-15-6-4-14(20)5-7-15/h4-9,16,21H,10H2,1-3H3/t16-/m0/s1. The van der Waals surface area contributed by atoms with Gasteiger partial charge in [0, 0.05) is 5.69 Å². The van der Waals surface area contributed by atoms with Crippen LogP contribution in [0.25, 0.3) is 0 Å². The van der Waals surface area contributed by atoms with Crippen LogP contribution in [-0.4, -0.2) is 17.9 Å². The average molecular weight is 326 g/mol. The van der Waals surface area contributed by atoms with Crippen molar-refractivity contribution in [2.24, 2.45) is 0 Å². The Kier molecular flexibility index (Phi) is 4.09. The number of nitrogens with one attached hydrogen (secondary N) is 1. The van der Waals surface area contributed by atoms with E-state index in [0.717, 1.165) is 16.7 Å². The summed E-state index contributed by atoms with van der Waals surface area (Å²) in [6.07, 6.45) is 0.0863. The summed E-state index contributed by atoms with van der Waals surface area (Å²) in [4.78, 5) is 26.4. The fourth-order valence-electron chi connectivity index (χ4n) is 3.25. The minimum absolute atomic E-state index is 0.0863. The molecule has 0 spiro atoms. The maximum atomic E-state index is 13.0. The molecule has 1 saturated heterocycles. The highest BCUT2D eigenvalue weighted by Crippen LogP contribution is 2.31. The fourth-order valence-corrected chi connectivity index (χ4v) is 3.25. The molecule has 0 aromatic heterocycles. The summed E-state index contributed by atoms with van der Waals surface area (Å²) in [7, 11) is 0. The SMILES string of the molecule is Cc1cc(C)c(N2C(=O)C[C@H](Nc3ccc(F)cc3)C2=O)c(C)c1. The summed E-state index contributed by atoms with van der Waals surface area (Å²) in [5.74, 6) is -0.851. The molecule has 1 N–H and O–H groups in total. The van der Waals surface area contributed by atoms with Crippen LogP contribution in [0.1, 0.15) is 23.1 Å². The Balaban J connectivity index is 1.88. The number of amides is 2. The van der Waals surface area contributed by atoms with Gasteiger partial charge in [-0.05, 0) is 56.2 Å². The molecule has 0 unspecified atom stereocenters. The fraction of sp³-hybridized carbons (Fsp3) is 0.263. The highest BCUT2D eigenvalue weighted by Gasteiger charge is 2.40. The lowest BCUT2D eigenvalue weighted by Gasteiger charge is -2.21. The van der Waals surface area contributed by atoms with Crippen LogP contribution >= 0.6 is 0 Å². The molecular weight excluding hydrogens is 307 g/mol. The third kappa shape index (κ3) is 2.89. The van der Waals surface area contributed by atoms with Gasteiger partial charge in [0.25, 0.3) is 5.91 Å². The normalized spacial score (nSPS) is 17.5. The third-order valence-corrected chi connectivity index (χ3v) is 4.19. The number of anilines is 2. The minimum atomic E-state index is -0.636. The largest absolute Gasteiger partial charge is 0.373 e. The van der Waals surface area contributed by atoms with E-state index in [1.165, 1.54) is 17.0 Å². The Labute approximate surface area is 140 Å². The number of imide groups is 1. The van der Waals surface area contributed by atoms with E-state index in [-0.39, 0.29) is 24.1 Å². The number of benzene rings is 2. The van der Waals surface area contributed by atoms with Crippen molar-refractivity contribution < 1.29 is 14.0 Å². The first-order valence-corrected chi connectivity index (χ1v) is 7.83. The highest BCUT2D eigenvalue weighted by molar-refractivity contribution is 6.23. The first kappa shape index (κ1) is 16.2. The molecule has 1 aliphatic heterocycles. The van der Waals surface area contributed by atoms with E-state index in [1.807, 2.05) is 32.9 Å². The molecule has 0 saturated carbocycles. The van der Waals surface area contributed by atoms with Gasteiger partial charge in [0.15, 0.2) is 0 Å². The van der Waals surface area contributed by atoms with Crippen LogP contribution in [0, 0.1) is 26.6 Å². The van der Waals surface area contributed by atoms with Gasteiger partial charge in [-0.3, -0.25) is 9.59 Å². The summed E-state index contributed by atoms with van der Waals surface area (Å²) in [6.45, 7) is 5.78. The lowest BCUT2D eigenvalue weighted by Crippen LogP contribution is -2.35. The van der Waals surface area contributed by atoms with Gasteiger partial charge in [-0.15, -0.1) is 0 Å². The summed E-state index contributed by atoms with van der Waals surface area (Å²) in [5, 5.41) is 3.02. The molecule has 2 amide bonds. The zero-order valence-corrected chi connectivity index (χ0v) is 13.9. The number of rotatable bonds is 3. The quantitative estimate of drug-likeness (QED) is 0.878. The molecule has 1 atom stereocenters. The molecule has 1 aliphatic rings. The number of carbonyl (C=O) groups excluding carboxylic acids is 2. The zero-order valence-electron chi connectivity index (χ0n) is 13.9. The Morgan fingerprint density at radius 2 is 1.62 bits per heavy atom. The summed E-state index contributed by atoms with van der Waals surface area (Å²) in [6, 6.07) is 9.03. The van der Waals surface area contributed by atoms with E-state index in [2.05, 4.69) is 5.32 Å². The Morgan fingerprint density at radius 3 is 2.21 bits per heavy atom. The van der Waals surface area contributed by atoms with Gasteiger partial charge in [0.2, 0.25) is 5.91 Å². The van der Waals surface area contributed by atoms with Crippen molar-refractivity contribution in [3.63, 3.8) is 0 Å². The Morgan fingerprint density at radius 1 is 1.04 bits per heavy atom. The van der Waals surface area contributed by atoms with Gasteiger partial charge >= 0.3 is 0 Å². The van der Waals surface area contributed by atoms with Gasteiger partial charge in [-0.1, -0.05) is 17.7 Å². The van der Waals surface area contributed by atoms with E-state index in [1.54, 1.807) is 12.1 Å². The van der Waals surface area contributed by atoms with E-state index in [4.69, 9.17) is 0 Å². The lowest BCUT2D eigenvalue weighted by atomic mass is 10.0. The Bertz CT molecular complexity index is 792. The van der Waals surface area contributed by atoms with Crippen LogP contribution in [0.4, 0.5) is 15.8 Å². The second kappa shape index (κ2) is 6.07. The highest BCUT2D eigenvalue weighted by atomic mass is 19.1. The number of nitrogens with zero attached hydrogens (tertiary/aromatic N) is 1. The van der Waals surface area contributed by atoms with Gasteiger partial charge < -0.3 is 5.32 Å². The van der Waals surface area contributed by atoms with Crippen molar-refractivity contribution in [3.05, 3.63) is 58.9 Å². The van der Waals surface area contributed by atoms with E-state index in [0.29, 0.717) is 11.4 Å². The molecule has 0 radical (unpaired) electrons. The summed E-state index contributed by atoms with van der Waals surface area (Å²) < 4.78 is 13.0. The second-order valence-corrected chi connectivity index (χ2v) is 6.22. The van der Waals surface area contributed by atoms with Gasteiger partial charge in [-0.2, -0.15) is 0 Å². The second-order valence-electron chi connectivity index (χ2n) is 6.22. The van der Waals surface area contributed by atoms with Crippen LogP contribution in [0.2, 0.25) is 0 Å². The molecule has 4 nitrogen and oxygen atoms in total. The lowest BCUT2D eigenvalue weighted by molar-refractivity contribution is -0.121. The molecule has 2 aromatic carbocycles. The van der Waals surface area contributed by atoms with Crippen LogP contribution in [0.3, 0.4) is 0 Å². The topological polar surface area (TPSA) is 49.4 Å². The van der Waals surface area contributed by atoms with E-state index >= 15 is 0 Å². The van der Waals surface area contributed by atoms with Gasteiger partial charge in [-0.25, -0.2) is 9.29 Å². The van der Waals surface area contributed by atoms with Gasteiger partial charge in [0.1, 0.15) is 11.9 Å². The van der Waals surface area contributed by atoms with Crippen LogP contribution < -0.4 is 10.2 Å². The number of halogens is 1. The molecule has 3 rings (SSSR count). The molecule has 2 aromatic rings.